The first-order valence-corrected chi connectivity index (χ1v) is 3.91. The summed E-state index contributed by atoms with van der Waals surface area (Å²) in [7, 11) is 0. The Morgan fingerprint density at radius 2 is 2.00 bits per heavy atom. The second-order valence-electron chi connectivity index (χ2n) is 2.97. The quantitative estimate of drug-likeness (QED) is 0.345. The molecule has 62 valence electrons. The molecule has 1 heteroatoms. The second-order valence-corrected chi connectivity index (χ2v) is 2.97. The SMILES string of the molecule is CC(C)=CCC/C(C)=C/[14CH]=O. The summed E-state index contributed by atoms with van der Waals surface area (Å²) in [5.41, 5.74) is 2.49. The molecule has 0 amide bonds. The molecule has 0 aromatic rings. The summed E-state index contributed by atoms with van der Waals surface area (Å²) in [6.45, 7) is 6.14. The van der Waals surface area contributed by atoms with Crippen molar-refractivity contribution in [2.75, 3.05) is 0 Å². The largest absolute Gasteiger partial charge is 0.299 e. The fourth-order valence-corrected chi connectivity index (χ4v) is 0.788. The van der Waals surface area contributed by atoms with Crippen LogP contribution in [-0.4, -0.2) is 6.29 Å². The van der Waals surface area contributed by atoms with Gasteiger partial charge in [0.2, 0.25) is 0 Å². The van der Waals surface area contributed by atoms with Crippen LogP contribution in [0, 0.1) is 0 Å². The van der Waals surface area contributed by atoms with Gasteiger partial charge in [-0.05, 0) is 39.7 Å². The van der Waals surface area contributed by atoms with E-state index >= 15 is 0 Å². The average molecular weight is 154 g/mol. The Hall–Kier alpha value is -0.850. The zero-order valence-electron chi connectivity index (χ0n) is 7.55. The van der Waals surface area contributed by atoms with Crippen molar-refractivity contribution in [2.45, 2.75) is 33.6 Å². The first-order chi connectivity index (χ1) is 5.16. The third kappa shape index (κ3) is 7.04. The molecule has 0 radical (unpaired) electrons. The van der Waals surface area contributed by atoms with E-state index in [2.05, 4.69) is 19.9 Å². The second kappa shape index (κ2) is 5.90. The first kappa shape index (κ1) is 10.2. The molecule has 0 aromatic heterocycles. The Labute approximate surface area is 68.8 Å². The van der Waals surface area contributed by atoms with Crippen LogP contribution in [0.1, 0.15) is 33.6 Å². The van der Waals surface area contributed by atoms with E-state index in [4.69, 9.17) is 0 Å². The maximum absolute atomic E-state index is 10.0. The number of hydrogen-bond acceptors (Lipinski definition) is 1. The van der Waals surface area contributed by atoms with Crippen LogP contribution in [0.15, 0.2) is 23.3 Å². The third-order valence-corrected chi connectivity index (χ3v) is 1.44. The van der Waals surface area contributed by atoms with Gasteiger partial charge in [-0.2, -0.15) is 0 Å². The van der Waals surface area contributed by atoms with Gasteiger partial charge < -0.3 is 0 Å². The predicted octanol–water partition coefficient (Wildman–Crippen LogP) is 2.88. The van der Waals surface area contributed by atoms with E-state index in [0.717, 1.165) is 24.7 Å². The van der Waals surface area contributed by atoms with Gasteiger partial charge >= 0.3 is 0 Å². The van der Waals surface area contributed by atoms with Crippen LogP contribution in [-0.2, 0) is 4.79 Å². The molecule has 0 saturated carbocycles. The number of hydrogen-bond donors (Lipinski definition) is 0. The molecule has 0 atom stereocenters. The van der Waals surface area contributed by atoms with Gasteiger partial charge in [0.25, 0.3) is 0 Å². The monoisotopic (exact) mass is 154 g/mol. The van der Waals surface area contributed by atoms with Gasteiger partial charge in [-0.3, -0.25) is 4.79 Å². The molecule has 11 heavy (non-hydrogen) atoms. The number of carbonyl (C=O) groups is 1. The van der Waals surface area contributed by atoms with Crippen molar-refractivity contribution in [3.05, 3.63) is 23.3 Å². The van der Waals surface area contributed by atoms with Crippen LogP contribution in [0.2, 0.25) is 0 Å². The number of aldehydes is 1. The van der Waals surface area contributed by atoms with Gasteiger partial charge in [0.1, 0.15) is 6.29 Å². The van der Waals surface area contributed by atoms with E-state index in [1.807, 2.05) is 6.92 Å². The van der Waals surface area contributed by atoms with Crippen molar-refractivity contribution in [3.63, 3.8) is 0 Å². The maximum Gasteiger partial charge on any atom is 0.142 e. The Morgan fingerprint density at radius 3 is 2.45 bits per heavy atom. The van der Waals surface area contributed by atoms with Crippen LogP contribution in [0.5, 0.6) is 0 Å². The van der Waals surface area contributed by atoms with Crippen LogP contribution in [0.3, 0.4) is 0 Å². The van der Waals surface area contributed by atoms with Crippen molar-refractivity contribution >= 4 is 6.29 Å². The Bertz CT molecular complexity index is 171. The van der Waals surface area contributed by atoms with Crippen molar-refractivity contribution in [1.82, 2.24) is 0 Å². The van der Waals surface area contributed by atoms with Crippen molar-refractivity contribution < 1.29 is 4.79 Å². The fraction of sp³-hybridized carbons (Fsp3) is 0.500. The lowest BCUT2D eigenvalue weighted by Gasteiger charge is -1.94. The fourth-order valence-electron chi connectivity index (χ4n) is 0.788. The van der Waals surface area contributed by atoms with Crippen molar-refractivity contribution in [1.29, 1.82) is 0 Å². The van der Waals surface area contributed by atoms with E-state index < -0.39 is 0 Å². The molecule has 0 heterocycles. The molecule has 0 aliphatic heterocycles. The molecule has 0 N–H and O–H groups in total. The van der Waals surface area contributed by atoms with Crippen LogP contribution >= 0.6 is 0 Å². The molecule has 0 rings (SSSR count). The standard InChI is InChI=1S/C10H16O/c1-9(2)5-4-6-10(3)7-8-11/h5,7-8H,4,6H2,1-3H3/b10-7+/i8+2. The molecule has 0 bridgehead atoms. The molecule has 0 spiro atoms. The summed E-state index contributed by atoms with van der Waals surface area (Å²) in [4.78, 5) is 10.0. The van der Waals surface area contributed by atoms with E-state index in [1.54, 1.807) is 6.08 Å². The van der Waals surface area contributed by atoms with Gasteiger partial charge in [-0.25, -0.2) is 0 Å². The van der Waals surface area contributed by atoms with Crippen LogP contribution in [0.25, 0.3) is 0 Å². The van der Waals surface area contributed by atoms with Gasteiger partial charge in [0.15, 0.2) is 0 Å². The molecule has 0 saturated heterocycles. The maximum atomic E-state index is 10.0. The van der Waals surface area contributed by atoms with E-state index in [-0.39, 0.29) is 0 Å². The zero-order chi connectivity index (χ0) is 8.69. The first-order valence-electron chi connectivity index (χ1n) is 3.91. The zero-order valence-corrected chi connectivity index (χ0v) is 7.55. The van der Waals surface area contributed by atoms with Gasteiger partial charge in [-0.15, -0.1) is 0 Å². The molecule has 0 fully saturated rings. The average Bonchev–Trinajstić information content (AvgIpc) is 1.87. The lowest BCUT2D eigenvalue weighted by atomic mass is 10.1. The van der Waals surface area contributed by atoms with Gasteiger partial charge in [0.05, 0.1) is 0 Å². The summed E-state index contributed by atoms with van der Waals surface area (Å²) >= 11 is 0. The highest BCUT2D eigenvalue weighted by atomic mass is 16.2. The summed E-state index contributed by atoms with van der Waals surface area (Å²) in [6.07, 6.45) is 6.68. The van der Waals surface area contributed by atoms with Crippen LogP contribution in [0.4, 0.5) is 0 Å². The summed E-state index contributed by atoms with van der Waals surface area (Å²) in [5, 5.41) is 0. The highest BCUT2D eigenvalue weighted by Gasteiger charge is 1.86. The number of rotatable bonds is 4. The van der Waals surface area contributed by atoms with Gasteiger partial charge in [-0.1, -0.05) is 17.2 Å². The minimum atomic E-state index is 0.845. The molecule has 0 aliphatic rings. The molecule has 0 aromatic carbocycles. The van der Waals surface area contributed by atoms with E-state index in [9.17, 15) is 4.79 Å². The Balaban J connectivity index is 3.63. The highest BCUT2D eigenvalue weighted by Crippen LogP contribution is 2.05. The Kier molecular flexibility index (Phi) is 5.44. The predicted molar refractivity (Wildman–Crippen MR) is 48.5 cm³/mol. The normalized spacial score (nSPS) is 11.0. The van der Waals surface area contributed by atoms with Crippen molar-refractivity contribution in [3.8, 4) is 0 Å². The summed E-state index contributed by atoms with van der Waals surface area (Å²) < 4.78 is 0. The summed E-state index contributed by atoms with van der Waals surface area (Å²) in [6, 6.07) is 0. The van der Waals surface area contributed by atoms with Crippen molar-refractivity contribution in [2.24, 2.45) is 0 Å². The summed E-state index contributed by atoms with van der Waals surface area (Å²) in [5.74, 6) is 0. The van der Waals surface area contributed by atoms with E-state index in [0.29, 0.717) is 0 Å². The molecule has 0 aliphatic carbocycles. The lowest BCUT2D eigenvalue weighted by Crippen LogP contribution is -1.77. The molecular formula is C10H16O. The Morgan fingerprint density at radius 1 is 1.36 bits per heavy atom. The van der Waals surface area contributed by atoms with E-state index in [1.165, 1.54) is 5.57 Å². The smallest absolute Gasteiger partial charge is 0.142 e. The molecule has 1 nitrogen and oxygen atoms in total. The number of carbonyl (C=O) groups excluding carboxylic acids is 1. The van der Waals surface area contributed by atoms with Gasteiger partial charge in [0, 0.05) is 0 Å². The molecular weight excluding hydrogens is 138 g/mol. The highest BCUT2D eigenvalue weighted by molar-refractivity contribution is 5.65. The lowest BCUT2D eigenvalue weighted by molar-refractivity contribution is -0.104. The number of allylic oxidation sites excluding steroid dienone is 4. The topological polar surface area (TPSA) is 17.1 Å². The third-order valence-electron chi connectivity index (χ3n) is 1.44. The van der Waals surface area contributed by atoms with Crippen LogP contribution < -0.4 is 0 Å². The minimum Gasteiger partial charge on any atom is -0.299 e. The molecule has 0 unspecified atom stereocenters. The minimum absolute atomic E-state index is 0.845.